The van der Waals surface area contributed by atoms with Crippen LogP contribution in [0.5, 0.6) is 0 Å². The van der Waals surface area contributed by atoms with E-state index in [-0.39, 0.29) is 31.2 Å². The molecule has 3 heterocycles. The second-order valence-corrected chi connectivity index (χ2v) is 18.6. The van der Waals surface area contributed by atoms with Gasteiger partial charge in [-0.3, -0.25) is 4.98 Å². The number of fused-ring (bicyclic) bond motifs is 6. The Balaban J connectivity index is 0.000000189. The molecule has 0 amide bonds. The summed E-state index contributed by atoms with van der Waals surface area (Å²) in [6.45, 7) is 6.82. The maximum absolute atomic E-state index is 13.6. The van der Waals surface area contributed by atoms with E-state index in [0.717, 1.165) is 85.5 Å². The van der Waals surface area contributed by atoms with Gasteiger partial charge >= 0.3 is 6.18 Å². The fourth-order valence-corrected chi connectivity index (χ4v) is 9.09. The molecule has 0 saturated carbocycles. The Morgan fingerprint density at radius 3 is 2.11 bits per heavy atom. The van der Waals surface area contributed by atoms with Gasteiger partial charge in [0.15, 0.2) is 0 Å². The van der Waals surface area contributed by atoms with Crippen LogP contribution in [-0.4, -0.2) is 20.7 Å². The molecule has 0 bridgehead atoms. The minimum atomic E-state index is -4.70. The number of imidazole rings is 1. The van der Waals surface area contributed by atoms with Gasteiger partial charge < -0.3 is 14.0 Å². The number of aromatic nitrogens is 3. The van der Waals surface area contributed by atoms with Crippen LogP contribution in [0.1, 0.15) is 85.2 Å². The fraction of sp³-hybridized carbons (Fsp3) is 0.188. The SMILES string of the molecule is [2H]C([2H])([2H])c1c[c-]c(-c2nc3ccccc3n2-c2c(C([2H])(C)C)cccc2C([2H])(C)C)cc1-c1ccccc1.[2H]C([2H])(c1ccc(-c2ccnc(-c3[c-]ccc4c3oc3c5ccccc5ccc43)c2)cc1)C(C)(C)C(F)(F)F.[Ir]. The van der Waals surface area contributed by atoms with Gasteiger partial charge in [-0.05, 0) is 80.8 Å². The Morgan fingerprint density at radius 2 is 1.39 bits per heavy atom. The molecule has 0 unspecified atom stereocenters. The summed E-state index contributed by atoms with van der Waals surface area (Å²) in [7, 11) is 0. The van der Waals surface area contributed by atoms with E-state index in [9.17, 15) is 13.2 Å². The number of pyridine rings is 1. The molecule has 11 aromatic rings. The van der Waals surface area contributed by atoms with Crippen LogP contribution in [0.15, 0.2) is 180 Å². The van der Waals surface area contributed by atoms with Crippen molar-refractivity contribution in [1.82, 2.24) is 14.5 Å². The van der Waals surface area contributed by atoms with Crippen LogP contribution in [0.2, 0.25) is 0 Å². The molecule has 0 fully saturated rings. The number of hydrogen-bond acceptors (Lipinski definition) is 3. The fourth-order valence-electron chi connectivity index (χ4n) is 9.09. The van der Waals surface area contributed by atoms with E-state index in [1.54, 1.807) is 30.5 Å². The quantitative estimate of drug-likeness (QED) is 0.135. The molecule has 0 saturated heterocycles. The molecular weight excluding hydrogens is 1080 g/mol. The third-order valence-corrected chi connectivity index (χ3v) is 12.9. The third-order valence-electron chi connectivity index (χ3n) is 12.9. The Kier molecular flexibility index (Phi) is 11.6. The number of rotatable bonds is 9. The number of benzene rings is 8. The number of alkyl halides is 3. The van der Waals surface area contributed by atoms with Crippen LogP contribution < -0.4 is 0 Å². The summed E-state index contributed by atoms with van der Waals surface area (Å²) in [6, 6.07) is 58.7. The van der Waals surface area contributed by atoms with Crippen molar-refractivity contribution < 1.29 is 47.3 Å². The molecule has 8 heteroatoms. The topological polar surface area (TPSA) is 43.9 Å². The molecule has 72 heavy (non-hydrogen) atoms. The van der Waals surface area contributed by atoms with E-state index >= 15 is 0 Å². The third kappa shape index (κ3) is 9.54. The standard InChI is InChI=1S/C32H23F3NO.C32H31N2.Ir/c1-31(2,32(33,34)35)19-20-10-12-21(13-11-20)23-16-17-36-28(18-23)27-9-5-8-25-26-15-14-22-6-3-4-7-24(22)29(26)37-30(25)27;1-21(2)26-14-11-15-27(22(3)4)31(26)34-30-17-10-9-16-29(30)33-32(34)25-19-18-23(5)28(20-25)24-12-7-6-8-13-24;/h3-8,10-18H,19H2,1-2H3;6-18,20-22H,1-5H3;/q2*-1;/i19D2;5D3,21D,22D;. The maximum atomic E-state index is 13.6. The van der Waals surface area contributed by atoms with Gasteiger partial charge in [-0.25, -0.2) is 0 Å². The van der Waals surface area contributed by atoms with E-state index in [2.05, 4.69) is 29.2 Å². The summed E-state index contributed by atoms with van der Waals surface area (Å²) >= 11 is 0. The number of furan rings is 1. The van der Waals surface area contributed by atoms with Gasteiger partial charge in [0.1, 0.15) is 5.58 Å². The first-order chi connectivity index (χ1) is 36.8. The molecule has 3 aromatic heterocycles. The number of aryl methyl sites for hydroxylation is 1. The van der Waals surface area contributed by atoms with Gasteiger partial charge in [0.25, 0.3) is 0 Å². The molecule has 11 rings (SSSR count). The Morgan fingerprint density at radius 1 is 0.694 bits per heavy atom. The largest absolute Gasteiger partial charge is 0.500 e. The molecule has 4 nitrogen and oxygen atoms in total. The zero-order valence-corrected chi connectivity index (χ0v) is 42.9. The van der Waals surface area contributed by atoms with E-state index < -0.39 is 36.6 Å². The van der Waals surface area contributed by atoms with Crippen molar-refractivity contribution in [3.05, 3.63) is 210 Å². The van der Waals surface area contributed by atoms with Crippen LogP contribution in [0.25, 0.3) is 94.3 Å². The van der Waals surface area contributed by atoms with Gasteiger partial charge in [0.05, 0.1) is 27.9 Å². The number of nitrogens with zero attached hydrogens (tertiary/aromatic N) is 3. The van der Waals surface area contributed by atoms with Gasteiger partial charge in [-0.2, -0.15) is 13.2 Å². The molecule has 363 valence electrons. The monoisotopic (exact) mass is 1140 g/mol. The minimum Gasteiger partial charge on any atom is -0.500 e. The number of halogens is 3. The van der Waals surface area contributed by atoms with E-state index in [0.29, 0.717) is 33.8 Å². The summed E-state index contributed by atoms with van der Waals surface area (Å²) in [4.78, 5) is 9.56. The Bertz CT molecular complexity index is 4010. The van der Waals surface area contributed by atoms with Crippen LogP contribution >= 0.6 is 0 Å². The number of hydrogen-bond donors (Lipinski definition) is 0. The number of para-hydroxylation sites is 3. The second kappa shape index (κ2) is 20.2. The van der Waals surface area contributed by atoms with Crippen molar-refractivity contribution in [3.63, 3.8) is 0 Å². The van der Waals surface area contributed by atoms with Crippen molar-refractivity contribution in [2.45, 2.75) is 72.7 Å². The van der Waals surface area contributed by atoms with Gasteiger partial charge in [-0.15, -0.1) is 47.5 Å². The summed E-state index contributed by atoms with van der Waals surface area (Å²) in [5.41, 5.74) is 7.86. The van der Waals surface area contributed by atoms with E-state index in [4.69, 9.17) is 19.0 Å². The predicted octanol–water partition coefficient (Wildman–Crippen LogP) is 18.1. The van der Waals surface area contributed by atoms with Crippen LogP contribution in [-0.2, 0) is 26.5 Å². The van der Waals surface area contributed by atoms with Crippen molar-refractivity contribution >= 4 is 43.7 Å². The average molecular weight is 1140 g/mol. The smallest absolute Gasteiger partial charge is 0.394 e. The zero-order valence-electron chi connectivity index (χ0n) is 47.5. The van der Waals surface area contributed by atoms with Crippen molar-refractivity contribution in [2.75, 3.05) is 0 Å². The summed E-state index contributed by atoms with van der Waals surface area (Å²) in [5.74, 6) is -1.33. The van der Waals surface area contributed by atoms with Crippen LogP contribution in [0, 0.1) is 24.4 Å². The van der Waals surface area contributed by atoms with Gasteiger partial charge in [0, 0.05) is 52.4 Å². The molecule has 0 aliphatic carbocycles. The predicted molar refractivity (Wildman–Crippen MR) is 286 cm³/mol. The normalized spacial score (nSPS) is 14.0. The molecule has 0 atom stereocenters. The van der Waals surface area contributed by atoms with E-state index in [1.807, 2.05) is 154 Å². The van der Waals surface area contributed by atoms with Crippen molar-refractivity contribution in [1.29, 1.82) is 0 Å². The van der Waals surface area contributed by atoms with Gasteiger partial charge in [-0.1, -0.05) is 192 Å². The van der Waals surface area contributed by atoms with Crippen molar-refractivity contribution in [3.8, 4) is 50.6 Å². The molecular formula is C64H54F3IrN3O-2. The average Bonchev–Trinajstić information content (AvgIpc) is 4.06. The zero-order chi connectivity index (χ0) is 55.7. The van der Waals surface area contributed by atoms with Crippen molar-refractivity contribution in [2.24, 2.45) is 5.41 Å². The van der Waals surface area contributed by atoms with Crippen LogP contribution in [0.4, 0.5) is 13.2 Å². The Labute approximate surface area is 442 Å². The van der Waals surface area contributed by atoms with Crippen LogP contribution in [0.3, 0.4) is 0 Å². The summed E-state index contributed by atoms with van der Waals surface area (Å²) in [5, 5.41) is 4.06. The second-order valence-electron chi connectivity index (χ2n) is 18.6. The maximum Gasteiger partial charge on any atom is 0.394 e. The van der Waals surface area contributed by atoms with E-state index in [1.165, 1.54) is 12.1 Å². The first-order valence-corrected chi connectivity index (χ1v) is 23.4. The molecule has 8 aromatic carbocycles. The Hall–Kier alpha value is -7.12. The molecule has 0 N–H and O–H groups in total. The molecule has 0 spiro atoms. The molecule has 0 aliphatic heterocycles. The molecule has 1 radical (unpaired) electrons. The van der Waals surface area contributed by atoms with Gasteiger partial charge in [0.2, 0.25) is 0 Å². The minimum absolute atomic E-state index is 0. The first-order valence-electron chi connectivity index (χ1n) is 26.9. The summed E-state index contributed by atoms with van der Waals surface area (Å²) < 4.78 is 108. The first kappa shape index (κ1) is 41.5. The molecule has 0 aliphatic rings. The summed E-state index contributed by atoms with van der Waals surface area (Å²) in [6.07, 6.45) is -5.64.